The quantitative estimate of drug-likeness (QED) is 0.548. The van der Waals surface area contributed by atoms with Crippen LogP contribution < -0.4 is 10.6 Å². The van der Waals surface area contributed by atoms with Crippen LogP contribution in [0.25, 0.3) is 0 Å². The summed E-state index contributed by atoms with van der Waals surface area (Å²) in [5.41, 5.74) is 0. The second-order valence-corrected chi connectivity index (χ2v) is 2.39. The molecule has 0 aliphatic carbocycles. The molecule has 0 saturated carbocycles. The van der Waals surface area contributed by atoms with E-state index in [1.165, 1.54) is 6.20 Å². The van der Waals surface area contributed by atoms with Crippen molar-refractivity contribution < 1.29 is 4.79 Å². The van der Waals surface area contributed by atoms with Crippen LogP contribution in [-0.4, -0.2) is 37.1 Å². The Morgan fingerprint density at radius 3 is 2.73 bits per heavy atom. The maximum atomic E-state index is 11.1. The van der Waals surface area contributed by atoms with Crippen LogP contribution in [0.5, 0.6) is 0 Å². The Morgan fingerprint density at radius 2 is 2.18 bits per heavy atom. The van der Waals surface area contributed by atoms with Gasteiger partial charge in [-0.1, -0.05) is 6.58 Å². The first-order valence-corrected chi connectivity index (χ1v) is 3.71. The molecule has 2 amide bonds. The fourth-order valence-corrected chi connectivity index (χ4v) is 1.05. The van der Waals surface area contributed by atoms with E-state index < -0.39 is 0 Å². The Labute approximate surface area is 66.3 Å². The van der Waals surface area contributed by atoms with Gasteiger partial charge < -0.3 is 15.5 Å². The van der Waals surface area contributed by atoms with Crippen molar-refractivity contribution in [2.45, 2.75) is 0 Å². The lowest BCUT2D eigenvalue weighted by atomic mass is 10.4. The van der Waals surface area contributed by atoms with Crippen LogP contribution in [0.2, 0.25) is 0 Å². The van der Waals surface area contributed by atoms with E-state index in [0.717, 1.165) is 26.2 Å². The largest absolute Gasteiger partial charge is 0.322 e. The van der Waals surface area contributed by atoms with Gasteiger partial charge in [0.25, 0.3) is 0 Å². The minimum Gasteiger partial charge on any atom is -0.322 e. The number of amides is 2. The number of hydrogen-bond acceptors (Lipinski definition) is 2. The van der Waals surface area contributed by atoms with Gasteiger partial charge in [-0.2, -0.15) is 0 Å². The van der Waals surface area contributed by atoms with Crippen LogP contribution in [0.1, 0.15) is 0 Å². The Balaban J connectivity index is 2.32. The Bertz CT molecular complexity index is 152. The number of nitrogens with zero attached hydrogens (tertiary/aromatic N) is 1. The second kappa shape index (κ2) is 3.98. The molecule has 1 aliphatic rings. The molecule has 11 heavy (non-hydrogen) atoms. The van der Waals surface area contributed by atoms with Gasteiger partial charge in [0, 0.05) is 26.2 Å². The van der Waals surface area contributed by atoms with E-state index in [0.29, 0.717) is 0 Å². The van der Waals surface area contributed by atoms with Gasteiger partial charge in [-0.3, -0.25) is 0 Å². The number of carbonyl (C=O) groups is 1. The smallest absolute Gasteiger partial charge is 0.321 e. The van der Waals surface area contributed by atoms with E-state index >= 15 is 0 Å². The fourth-order valence-electron chi connectivity index (χ4n) is 1.05. The lowest BCUT2D eigenvalue weighted by Gasteiger charge is -2.26. The highest BCUT2D eigenvalue weighted by Crippen LogP contribution is 1.91. The van der Waals surface area contributed by atoms with Crippen LogP contribution >= 0.6 is 0 Å². The molecule has 0 aromatic rings. The molecule has 4 heteroatoms. The summed E-state index contributed by atoms with van der Waals surface area (Å²) in [5, 5.41) is 5.70. The maximum Gasteiger partial charge on any atom is 0.321 e. The van der Waals surface area contributed by atoms with Gasteiger partial charge in [0.2, 0.25) is 0 Å². The third kappa shape index (κ3) is 2.23. The van der Waals surface area contributed by atoms with Crippen molar-refractivity contribution in [3.8, 4) is 0 Å². The molecular formula is C7H13N3O. The van der Waals surface area contributed by atoms with E-state index in [9.17, 15) is 4.79 Å². The van der Waals surface area contributed by atoms with Gasteiger partial charge in [0.05, 0.1) is 0 Å². The standard InChI is InChI=1S/C7H13N3O/c1-2-9-7(11)10-5-3-8-4-6-10/h2,8H,1,3-6H2,(H,9,11). The van der Waals surface area contributed by atoms with Crippen molar-refractivity contribution in [1.82, 2.24) is 15.5 Å². The third-order valence-electron chi connectivity index (χ3n) is 1.63. The summed E-state index contributed by atoms with van der Waals surface area (Å²) in [6, 6.07) is -0.0542. The average Bonchev–Trinajstić information content (AvgIpc) is 2.07. The van der Waals surface area contributed by atoms with Gasteiger partial charge in [-0.05, 0) is 6.20 Å². The van der Waals surface area contributed by atoms with Gasteiger partial charge in [0.15, 0.2) is 0 Å². The van der Waals surface area contributed by atoms with Crippen LogP contribution in [0.15, 0.2) is 12.8 Å². The molecule has 2 N–H and O–H groups in total. The van der Waals surface area contributed by atoms with Crippen LogP contribution in [0, 0.1) is 0 Å². The van der Waals surface area contributed by atoms with Crippen molar-refractivity contribution in [2.75, 3.05) is 26.2 Å². The van der Waals surface area contributed by atoms with Crippen molar-refractivity contribution >= 4 is 6.03 Å². The normalized spacial score (nSPS) is 17.6. The molecule has 1 aliphatic heterocycles. The zero-order chi connectivity index (χ0) is 8.10. The number of urea groups is 1. The topological polar surface area (TPSA) is 44.4 Å². The first-order valence-electron chi connectivity index (χ1n) is 3.71. The highest BCUT2D eigenvalue weighted by molar-refractivity contribution is 5.75. The van der Waals surface area contributed by atoms with E-state index in [4.69, 9.17) is 0 Å². The van der Waals surface area contributed by atoms with Gasteiger partial charge in [-0.25, -0.2) is 4.79 Å². The summed E-state index contributed by atoms with van der Waals surface area (Å²) in [6.45, 7) is 6.74. The number of hydrogen-bond donors (Lipinski definition) is 2. The van der Waals surface area contributed by atoms with Crippen LogP contribution in [0.4, 0.5) is 4.79 Å². The molecule has 0 aromatic carbocycles. The van der Waals surface area contributed by atoms with Gasteiger partial charge in [-0.15, -0.1) is 0 Å². The van der Waals surface area contributed by atoms with Gasteiger partial charge in [0.1, 0.15) is 0 Å². The Hall–Kier alpha value is -1.03. The predicted molar refractivity (Wildman–Crippen MR) is 43.2 cm³/mol. The molecule has 1 saturated heterocycles. The zero-order valence-corrected chi connectivity index (χ0v) is 6.47. The Kier molecular flexibility index (Phi) is 2.92. The SMILES string of the molecule is C=CNC(=O)N1CCNCC1. The second-order valence-electron chi connectivity index (χ2n) is 2.39. The number of rotatable bonds is 1. The molecule has 0 spiro atoms. The molecule has 4 nitrogen and oxygen atoms in total. The highest BCUT2D eigenvalue weighted by Gasteiger charge is 2.13. The maximum absolute atomic E-state index is 11.1. The summed E-state index contributed by atoms with van der Waals surface area (Å²) in [6.07, 6.45) is 1.41. The van der Waals surface area contributed by atoms with E-state index in [1.807, 2.05) is 0 Å². The van der Waals surface area contributed by atoms with Crippen molar-refractivity contribution in [3.63, 3.8) is 0 Å². The molecule has 0 bridgehead atoms. The molecule has 62 valence electrons. The van der Waals surface area contributed by atoms with Gasteiger partial charge >= 0.3 is 6.03 Å². The van der Waals surface area contributed by atoms with Crippen molar-refractivity contribution in [1.29, 1.82) is 0 Å². The number of piperazine rings is 1. The molecule has 1 fully saturated rings. The molecular weight excluding hydrogens is 142 g/mol. The monoisotopic (exact) mass is 155 g/mol. The average molecular weight is 155 g/mol. The minimum atomic E-state index is -0.0542. The first-order chi connectivity index (χ1) is 5.34. The summed E-state index contributed by atoms with van der Waals surface area (Å²) in [7, 11) is 0. The van der Waals surface area contributed by atoms with Crippen molar-refractivity contribution in [2.24, 2.45) is 0 Å². The van der Waals surface area contributed by atoms with E-state index in [-0.39, 0.29) is 6.03 Å². The van der Waals surface area contributed by atoms with Crippen LogP contribution in [-0.2, 0) is 0 Å². The minimum absolute atomic E-state index is 0.0542. The molecule has 0 aromatic heterocycles. The lowest BCUT2D eigenvalue weighted by molar-refractivity contribution is 0.194. The molecule has 0 radical (unpaired) electrons. The summed E-state index contributed by atoms with van der Waals surface area (Å²) in [4.78, 5) is 12.9. The van der Waals surface area contributed by atoms with Crippen LogP contribution in [0.3, 0.4) is 0 Å². The van der Waals surface area contributed by atoms with E-state index in [2.05, 4.69) is 17.2 Å². The number of nitrogens with one attached hydrogen (secondary N) is 2. The molecule has 0 unspecified atom stereocenters. The highest BCUT2D eigenvalue weighted by atomic mass is 16.2. The first kappa shape index (κ1) is 8.07. The third-order valence-corrected chi connectivity index (χ3v) is 1.63. The lowest BCUT2D eigenvalue weighted by Crippen LogP contribution is -2.49. The fraction of sp³-hybridized carbons (Fsp3) is 0.571. The zero-order valence-electron chi connectivity index (χ0n) is 6.47. The summed E-state index contributed by atoms with van der Waals surface area (Å²) < 4.78 is 0. The van der Waals surface area contributed by atoms with Crippen molar-refractivity contribution in [3.05, 3.63) is 12.8 Å². The summed E-state index contributed by atoms with van der Waals surface area (Å²) >= 11 is 0. The predicted octanol–water partition coefficient (Wildman–Crippen LogP) is -0.255. The summed E-state index contributed by atoms with van der Waals surface area (Å²) in [5.74, 6) is 0. The Morgan fingerprint density at radius 1 is 1.55 bits per heavy atom. The van der Waals surface area contributed by atoms with E-state index in [1.54, 1.807) is 4.90 Å². The number of carbonyl (C=O) groups excluding carboxylic acids is 1. The molecule has 1 rings (SSSR count). The molecule has 0 atom stereocenters. The molecule has 1 heterocycles.